The molecular weight excluding hydrogens is 338 g/mol. The van der Waals surface area contributed by atoms with Crippen molar-refractivity contribution in [2.45, 2.75) is 0 Å². The molecule has 55 valence electrons. The second-order valence-corrected chi connectivity index (χ2v) is 2.57. The maximum absolute atomic E-state index is 2.27. The Morgan fingerprint density at radius 1 is 0.889 bits per heavy atom. The van der Waals surface area contributed by atoms with Crippen molar-refractivity contribution < 1.29 is 19.8 Å². The third-order valence-electron chi connectivity index (χ3n) is 0.713. The summed E-state index contributed by atoms with van der Waals surface area (Å²) in [7, 11) is 0. The Bertz CT molecular complexity index is 141. The molecule has 0 N–H and O–H groups in total. The summed E-state index contributed by atoms with van der Waals surface area (Å²) in [5.41, 5.74) is 0. The van der Waals surface area contributed by atoms with Crippen molar-refractivity contribution >= 4 is 28.8 Å². The standard InChI is InChI=1S/C6H5.2ClH.Pt/c1-2-4-6-5-3-1;;;/h1-5H;2*1H;. The van der Waals surface area contributed by atoms with E-state index in [-0.39, 0.29) is 24.8 Å². The molecule has 9 heavy (non-hydrogen) atoms. The van der Waals surface area contributed by atoms with Crippen LogP contribution < -0.4 is 3.95 Å². The van der Waals surface area contributed by atoms with Crippen molar-refractivity contribution in [2.75, 3.05) is 0 Å². The molecule has 0 amide bonds. The predicted molar refractivity (Wildman–Crippen MR) is 40.6 cm³/mol. The van der Waals surface area contributed by atoms with Crippen molar-refractivity contribution in [3.05, 3.63) is 30.3 Å². The molecule has 0 aliphatic heterocycles. The zero-order valence-electron chi connectivity index (χ0n) is 4.52. The molecule has 0 unspecified atom stereocenters. The van der Waals surface area contributed by atoms with Gasteiger partial charge >= 0.3 is 54.1 Å². The maximum atomic E-state index is 2.27. The van der Waals surface area contributed by atoms with E-state index in [2.05, 4.69) is 31.9 Å². The summed E-state index contributed by atoms with van der Waals surface area (Å²) in [4.78, 5) is 0. The van der Waals surface area contributed by atoms with Gasteiger partial charge in [0.1, 0.15) is 0 Å². The van der Waals surface area contributed by atoms with Crippen molar-refractivity contribution in [1.29, 1.82) is 0 Å². The van der Waals surface area contributed by atoms with Gasteiger partial charge in [0.05, 0.1) is 0 Å². The Balaban J connectivity index is 0. The van der Waals surface area contributed by atoms with Crippen LogP contribution in [0.2, 0.25) is 0 Å². The van der Waals surface area contributed by atoms with E-state index < -0.39 is 0 Å². The molecular formula is C6H7Cl2Pt. The minimum absolute atomic E-state index is 0. The Kier molecular flexibility index (Phi) is 8.95. The first-order chi connectivity index (χ1) is 3.39. The summed E-state index contributed by atoms with van der Waals surface area (Å²) in [5.74, 6) is 0. The SMILES string of the molecule is Cl.Cl.[Pt][c]1ccccc1. The first-order valence-corrected chi connectivity index (χ1v) is 3.20. The average molecular weight is 345 g/mol. The van der Waals surface area contributed by atoms with Crippen LogP contribution in [0.3, 0.4) is 0 Å². The molecule has 0 saturated heterocycles. The molecule has 0 fully saturated rings. The van der Waals surface area contributed by atoms with E-state index in [1.165, 1.54) is 3.95 Å². The Hall–Kier alpha value is 0.488. The van der Waals surface area contributed by atoms with E-state index in [0.29, 0.717) is 0 Å². The van der Waals surface area contributed by atoms with Crippen LogP contribution in [0.5, 0.6) is 0 Å². The van der Waals surface area contributed by atoms with Crippen LogP contribution in [0.15, 0.2) is 30.3 Å². The van der Waals surface area contributed by atoms with E-state index in [1.807, 2.05) is 18.2 Å². The number of hydrogen-bond acceptors (Lipinski definition) is 0. The molecule has 0 spiro atoms. The Morgan fingerprint density at radius 3 is 1.56 bits per heavy atom. The van der Waals surface area contributed by atoms with E-state index in [9.17, 15) is 0 Å². The number of rotatable bonds is 0. The van der Waals surface area contributed by atoms with E-state index in [1.54, 1.807) is 0 Å². The summed E-state index contributed by atoms with van der Waals surface area (Å²) >= 11 is 2.27. The Labute approximate surface area is 78.8 Å². The van der Waals surface area contributed by atoms with E-state index in [4.69, 9.17) is 0 Å². The van der Waals surface area contributed by atoms with Gasteiger partial charge in [-0.25, -0.2) is 0 Å². The van der Waals surface area contributed by atoms with Crippen molar-refractivity contribution in [1.82, 2.24) is 0 Å². The number of halogens is 2. The van der Waals surface area contributed by atoms with Gasteiger partial charge in [-0.3, -0.25) is 0 Å². The molecule has 0 bridgehead atoms. The van der Waals surface area contributed by atoms with E-state index in [0.717, 1.165) is 0 Å². The van der Waals surface area contributed by atoms with E-state index >= 15 is 0 Å². The van der Waals surface area contributed by atoms with Crippen molar-refractivity contribution in [2.24, 2.45) is 0 Å². The second kappa shape index (κ2) is 6.61. The fourth-order valence-corrected chi connectivity index (χ4v) is 0.840. The molecule has 0 aliphatic rings. The van der Waals surface area contributed by atoms with Gasteiger partial charge < -0.3 is 0 Å². The molecule has 0 saturated carbocycles. The van der Waals surface area contributed by atoms with Gasteiger partial charge in [0.2, 0.25) is 0 Å². The van der Waals surface area contributed by atoms with Gasteiger partial charge in [0.15, 0.2) is 0 Å². The molecule has 1 aromatic rings. The molecule has 0 heterocycles. The minimum atomic E-state index is 0. The van der Waals surface area contributed by atoms with Gasteiger partial charge in [-0.05, 0) is 0 Å². The van der Waals surface area contributed by atoms with Crippen molar-refractivity contribution in [3.63, 3.8) is 0 Å². The van der Waals surface area contributed by atoms with Gasteiger partial charge in [0, 0.05) is 0 Å². The molecule has 3 heteroatoms. The second-order valence-electron chi connectivity index (χ2n) is 1.26. The van der Waals surface area contributed by atoms with Crippen LogP contribution >= 0.6 is 24.8 Å². The fraction of sp³-hybridized carbons (Fsp3) is 0. The topological polar surface area (TPSA) is 0 Å². The fourth-order valence-electron chi connectivity index (χ4n) is 0.403. The molecule has 1 aromatic carbocycles. The van der Waals surface area contributed by atoms with Crippen LogP contribution in [-0.2, 0) is 19.8 Å². The van der Waals surface area contributed by atoms with Gasteiger partial charge in [-0.15, -0.1) is 24.8 Å². The molecule has 0 aliphatic carbocycles. The molecule has 0 atom stereocenters. The first kappa shape index (κ1) is 12.2. The molecule has 0 aromatic heterocycles. The van der Waals surface area contributed by atoms with Crippen molar-refractivity contribution in [3.8, 4) is 0 Å². The third-order valence-corrected chi connectivity index (χ3v) is 1.47. The summed E-state index contributed by atoms with van der Waals surface area (Å²) in [6.07, 6.45) is 0. The molecule has 0 nitrogen and oxygen atoms in total. The molecule has 0 radical (unpaired) electrons. The summed E-state index contributed by atoms with van der Waals surface area (Å²) in [6, 6.07) is 10.2. The Morgan fingerprint density at radius 2 is 1.33 bits per heavy atom. The normalized spacial score (nSPS) is 6.89. The van der Waals surface area contributed by atoms with Crippen LogP contribution in [0.4, 0.5) is 0 Å². The quantitative estimate of drug-likeness (QED) is 0.672. The summed E-state index contributed by atoms with van der Waals surface area (Å²) in [5, 5.41) is 0. The number of hydrogen-bond donors (Lipinski definition) is 0. The number of benzene rings is 1. The van der Waals surface area contributed by atoms with Gasteiger partial charge in [0.25, 0.3) is 0 Å². The van der Waals surface area contributed by atoms with Gasteiger partial charge in [-0.2, -0.15) is 0 Å². The molecule has 1 rings (SSSR count). The van der Waals surface area contributed by atoms with Crippen LogP contribution in [-0.4, -0.2) is 0 Å². The monoisotopic (exact) mass is 344 g/mol. The summed E-state index contributed by atoms with van der Waals surface area (Å²) < 4.78 is 1.29. The van der Waals surface area contributed by atoms with Gasteiger partial charge in [-0.1, -0.05) is 0 Å². The zero-order valence-corrected chi connectivity index (χ0v) is 8.42. The third kappa shape index (κ3) is 4.96. The van der Waals surface area contributed by atoms with Crippen LogP contribution in [0, 0.1) is 0 Å². The zero-order chi connectivity index (χ0) is 5.11. The first-order valence-electron chi connectivity index (χ1n) is 2.07. The van der Waals surface area contributed by atoms with Crippen LogP contribution in [0.25, 0.3) is 0 Å². The summed E-state index contributed by atoms with van der Waals surface area (Å²) in [6.45, 7) is 0. The van der Waals surface area contributed by atoms with Crippen LogP contribution in [0.1, 0.15) is 0 Å². The average Bonchev–Trinajstić information content (AvgIpc) is 1.69. The predicted octanol–water partition coefficient (Wildman–Crippen LogP) is 1.70.